The van der Waals surface area contributed by atoms with E-state index in [2.05, 4.69) is 4.98 Å². The molecule has 6 nitrogen and oxygen atoms in total. The molecule has 0 unspecified atom stereocenters. The second-order valence-electron chi connectivity index (χ2n) is 4.87. The molecule has 0 N–H and O–H groups in total. The van der Waals surface area contributed by atoms with Crippen LogP contribution in [0, 0.1) is 0 Å². The van der Waals surface area contributed by atoms with Crippen molar-refractivity contribution in [1.29, 1.82) is 0 Å². The Kier molecular flexibility index (Phi) is 7.27. The average molecular weight is 381 g/mol. The second kappa shape index (κ2) is 9.43. The van der Waals surface area contributed by atoms with Crippen LogP contribution in [-0.4, -0.2) is 43.3 Å². The number of carbonyl (C=O) groups is 2. The number of Topliss-reactive ketones (excluding diaryl/α,β-unsaturated/α-hetero) is 1. The number of rotatable bonds is 9. The smallest absolute Gasteiger partial charge is 0.311 e. The minimum atomic E-state index is -0.300. The summed E-state index contributed by atoms with van der Waals surface area (Å²) in [6.45, 7) is 2.12. The van der Waals surface area contributed by atoms with E-state index in [-0.39, 0.29) is 23.9 Å². The molecule has 0 fully saturated rings. The van der Waals surface area contributed by atoms with Crippen molar-refractivity contribution in [3.05, 3.63) is 34.8 Å². The Morgan fingerprint density at radius 1 is 1.20 bits per heavy atom. The quantitative estimate of drug-likeness (QED) is 0.375. The van der Waals surface area contributed by atoms with Crippen molar-refractivity contribution in [2.24, 2.45) is 0 Å². The lowest BCUT2D eigenvalue weighted by molar-refractivity contribution is -0.142. The van der Waals surface area contributed by atoms with Crippen LogP contribution in [0.3, 0.4) is 0 Å². The summed E-state index contributed by atoms with van der Waals surface area (Å²) in [5, 5.41) is 1.81. The van der Waals surface area contributed by atoms with Gasteiger partial charge in [-0.2, -0.15) is 0 Å². The fourth-order valence-electron chi connectivity index (χ4n) is 2.02. The van der Waals surface area contributed by atoms with Gasteiger partial charge in [-0.15, -0.1) is 11.3 Å². The highest BCUT2D eigenvalue weighted by Gasteiger charge is 2.13. The van der Waals surface area contributed by atoms with Crippen LogP contribution in [0.2, 0.25) is 0 Å². The van der Waals surface area contributed by atoms with Crippen LogP contribution in [0.1, 0.15) is 23.0 Å². The highest BCUT2D eigenvalue weighted by Crippen LogP contribution is 2.29. The fourth-order valence-corrected chi connectivity index (χ4v) is 3.76. The standard InChI is InChI=1S/C17H19NO5S2/c1-4-23-16(20)8-12-9-24-17(18-12)25-10-13(19)11-5-6-14(21-2)15(7-11)22-3/h5-7,9H,4,8,10H2,1-3H3. The van der Waals surface area contributed by atoms with Gasteiger partial charge in [0.05, 0.1) is 38.7 Å². The number of thioether (sulfide) groups is 1. The Hall–Kier alpha value is -2.06. The van der Waals surface area contributed by atoms with Crippen molar-refractivity contribution in [2.75, 3.05) is 26.6 Å². The van der Waals surface area contributed by atoms with Crippen LogP contribution >= 0.6 is 23.1 Å². The van der Waals surface area contributed by atoms with Gasteiger partial charge in [-0.3, -0.25) is 9.59 Å². The van der Waals surface area contributed by atoms with Crippen LogP contribution in [-0.2, 0) is 16.0 Å². The first-order valence-corrected chi connectivity index (χ1v) is 9.42. The molecule has 134 valence electrons. The SMILES string of the molecule is CCOC(=O)Cc1csc(SCC(=O)c2ccc(OC)c(OC)c2)n1. The molecular formula is C17H19NO5S2. The molecule has 0 amide bonds. The number of ketones is 1. The monoisotopic (exact) mass is 381 g/mol. The number of hydrogen-bond donors (Lipinski definition) is 0. The lowest BCUT2D eigenvalue weighted by Crippen LogP contribution is -2.07. The van der Waals surface area contributed by atoms with Gasteiger partial charge in [-0.1, -0.05) is 11.8 Å². The molecule has 0 atom stereocenters. The molecule has 0 spiro atoms. The van der Waals surface area contributed by atoms with E-state index in [0.29, 0.717) is 29.4 Å². The van der Waals surface area contributed by atoms with Gasteiger partial charge in [0.1, 0.15) is 0 Å². The predicted molar refractivity (Wildman–Crippen MR) is 97.1 cm³/mol. The van der Waals surface area contributed by atoms with E-state index in [9.17, 15) is 9.59 Å². The molecule has 8 heteroatoms. The summed E-state index contributed by atoms with van der Waals surface area (Å²) in [4.78, 5) is 28.1. The van der Waals surface area contributed by atoms with Gasteiger partial charge in [0, 0.05) is 10.9 Å². The molecule has 0 aliphatic heterocycles. The van der Waals surface area contributed by atoms with Crippen LogP contribution in [0.15, 0.2) is 27.9 Å². The Bertz CT molecular complexity index is 744. The van der Waals surface area contributed by atoms with Gasteiger partial charge in [0.25, 0.3) is 0 Å². The van der Waals surface area contributed by atoms with Crippen molar-refractivity contribution < 1.29 is 23.8 Å². The number of hydrogen-bond acceptors (Lipinski definition) is 8. The maximum atomic E-state index is 12.3. The number of aromatic nitrogens is 1. The molecule has 0 bridgehead atoms. The molecule has 2 aromatic rings. The number of nitrogens with zero attached hydrogens (tertiary/aromatic N) is 1. The van der Waals surface area contributed by atoms with E-state index in [1.165, 1.54) is 30.2 Å². The fraction of sp³-hybridized carbons (Fsp3) is 0.353. The third-order valence-electron chi connectivity index (χ3n) is 3.19. The van der Waals surface area contributed by atoms with Gasteiger partial charge in [0.15, 0.2) is 21.6 Å². The largest absolute Gasteiger partial charge is 0.493 e. The molecule has 0 radical (unpaired) electrons. The zero-order chi connectivity index (χ0) is 18.2. The number of ether oxygens (including phenoxy) is 3. The van der Waals surface area contributed by atoms with Gasteiger partial charge in [0.2, 0.25) is 0 Å². The number of thiazole rings is 1. The number of benzene rings is 1. The van der Waals surface area contributed by atoms with E-state index in [1.807, 2.05) is 0 Å². The van der Waals surface area contributed by atoms with Crippen molar-refractivity contribution in [3.8, 4) is 11.5 Å². The zero-order valence-electron chi connectivity index (χ0n) is 14.2. The highest BCUT2D eigenvalue weighted by atomic mass is 32.2. The first kappa shape index (κ1) is 19.3. The summed E-state index contributed by atoms with van der Waals surface area (Å²) < 4.78 is 16.0. The van der Waals surface area contributed by atoms with Crippen LogP contribution in [0.4, 0.5) is 0 Å². The summed E-state index contributed by atoms with van der Waals surface area (Å²) in [6, 6.07) is 5.08. The van der Waals surface area contributed by atoms with Crippen LogP contribution in [0.25, 0.3) is 0 Å². The lowest BCUT2D eigenvalue weighted by Gasteiger charge is -2.08. The number of esters is 1. The molecule has 1 aromatic carbocycles. The van der Waals surface area contributed by atoms with Crippen molar-refractivity contribution in [2.45, 2.75) is 17.7 Å². The minimum Gasteiger partial charge on any atom is -0.493 e. The summed E-state index contributed by atoms with van der Waals surface area (Å²) in [5.74, 6) is 1.01. The first-order valence-electron chi connectivity index (χ1n) is 7.55. The second-order valence-corrected chi connectivity index (χ2v) is 6.95. The molecule has 2 rings (SSSR count). The van der Waals surface area contributed by atoms with E-state index < -0.39 is 0 Å². The topological polar surface area (TPSA) is 74.7 Å². The summed E-state index contributed by atoms with van der Waals surface area (Å²) >= 11 is 2.75. The normalized spacial score (nSPS) is 10.4. The van der Waals surface area contributed by atoms with E-state index in [4.69, 9.17) is 14.2 Å². The van der Waals surface area contributed by atoms with Gasteiger partial charge in [-0.25, -0.2) is 4.98 Å². The van der Waals surface area contributed by atoms with Gasteiger partial charge >= 0.3 is 5.97 Å². The average Bonchev–Trinajstić information content (AvgIpc) is 3.06. The Balaban J connectivity index is 1.94. The van der Waals surface area contributed by atoms with Gasteiger partial charge in [-0.05, 0) is 25.1 Å². The van der Waals surface area contributed by atoms with Crippen molar-refractivity contribution in [1.82, 2.24) is 4.98 Å². The predicted octanol–water partition coefficient (Wildman–Crippen LogP) is 3.24. The van der Waals surface area contributed by atoms with Crippen molar-refractivity contribution >= 4 is 34.9 Å². The maximum absolute atomic E-state index is 12.3. The molecule has 1 heterocycles. The molecular weight excluding hydrogens is 362 g/mol. The van der Waals surface area contributed by atoms with Crippen LogP contribution < -0.4 is 9.47 Å². The minimum absolute atomic E-state index is 0.0342. The Morgan fingerprint density at radius 3 is 2.64 bits per heavy atom. The summed E-state index contributed by atoms with van der Waals surface area (Å²) in [5.41, 5.74) is 1.21. The molecule has 0 saturated heterocycles. The number of methoxy groups -OCH3 is 2. The molecule has 0 aliphatic rings. The highest BCUT2D eigenvalue weighted by molar-refractivity contribution is 8.01. The van der Waals surface area contributed by atoms with E-state index in [1.54, 1.807) is 37.6 Å². The molecule has 1 aromatic heterocycles. The van der Waals surface area contributed by atoms with Crippen molar-refractivity contribution in [3.63, 3.8) is 0 Å². The molecule has 0 aliphatic carbocycles. The molecule has 0 saturated carbocycles. The zero-order valence-corrected chi connectivity index (χ0v) is 15.9. The first-order chi connectivity index (χ1) is 12.1. The van der Waals surface area contributed by atoms with E-state index >= 15 is 0 Å². The van der Waals surface area contributed by atoms with Gasteiger partial charge < -0.3 is 14.2 Å². The maximum Gasteiger partial charge on any atom is 0.311 e. The Morgan fingerprint density at radius 2 is 1.96 bits per heavy atom. The lowest BCUT2D eigenvalue weighted by atomic mass is 10.1. The third kappa shape index (κ3) is 5.47. The summed E-state index contributed by atoms with van der Waals surface area (Å²) in [7, 11) is 3.08. The summed E-state index contributed by atoms with van der Waals surface area (Å²) in [6.07, 6.45) is 0.147. The van der Waals surface area contributed by atoms with Crippen LogP contribution in [0.5, 0.6) is 11.5 Å². The number of carbonyl (C=O) groups excluding carboxylic acids is 2. The Labute approximate surface area is 154 Å². The molecule has 25 heavy (non-hydrogen) atoms. The van der Waals surface area contributed by atoms with E-state index in [0.717, 1.165) is 4.34 Å². The third-order valence-corrected chi connectivity index (χ3v) is 5.26.